The molecule has 0 unspecified atom stereocenters. The van der Waals surface area contributed by atoms with E-state index in [-0.39, 0.29) is 35.8 Å². The number of halogens is 1. The number of aromatic nitrogens is 1. The minimum absolute atomic E-state index is 0.0421. The first kappa shape index (κ1) is 37.2. The maximum absolute atomic E-state index is 14.5. The van der Waals surface area contributed by atoms with Crippen molar-refractivity contribution in [2.75, 3.05) is 24.2 Å². The van der Waals surface area contributed by atoms with Gasteiger partial charge in [0.2, 0.25) is 10.0 Å². The molecule has 4 N–H and O–H groups in total. The Labute approximate surface area is 287 Å². The highest BCUT2D eigenvalue weighted by molar-refractivity contribution is 7.92. The maximum atomic E-state index is 14.5. The Bertz CT molecular complexity index is 1840. The summed E-state index contributed by atoms with van der Waals surface area (Å²) in [6.07, 6.45) is 3.35. The van der Waals surface area contributed by atoms with Crippen LogP contribution in [0.25, 0.3) is 0 Å². The number of nitrogens with zero attached hydrogens (tertiary/aromatic N) is 2. The summed E-state index contributed by atoms with van der Waals surface area (Å²) < 4.78 is 40.4. The summed E-state index contributed by atoms with van der Waals surface area (Å²) in [4.78, 5) is 31.4. The summed E-state index contributed by atoms with van der Waals surface area (Å²) in [5.74, 6) is -1.09. The van der Waals surface area contributed by atoms with Crippen LogP contribution in [0.1, 0.15) is 69.8 Å². The molecule has 49 heavy (non-hydrogen) atoms. The molecule has 0 aliphatic carbocycles. The van der Waals surface area contributed by atoms with Crippen LogP contribution in [-0.4, -0.2) is 62.3 Å². The summed E-state index contributed by atoms with van der Waals surface area (Å²) in [7, 11) is -2.39. The van der Waals surface area contributed by atoms with Crippen molar-refractivity contribution in [2.24, 2.45) is 0 Å². The molecule has 0 saturated carbocycles. The zero-order valence-electron chi connectivity index (χ0n) is 28.4. The average molecular weight is 690 g/mol. The van der Waals surface area contributed by atoms with Crippen LogP contribution >= 0.6 is 0 Å². The molecule has 260 valence electrons. The zero-order valence-corrected chi connectivity index (χ0v) is 29.2. The number of aliphatic hydroxyl groups excluding tert-OH is 1. The fourth-order valence-corrected chi connectivity index (χ4v) is 5.66. The number of nitrogens with one attached hydrogen (secondary N) is 3. The van der Waals surface area contributed by atoms with E-state index in [1.807, 2.05) is 67.6 Å². The van der Waals surface area contributed by atoms with Gasteiger partial charge in [-0.05, 0) is 68.1 Å². The first-order valence-corrected chi connectivity index (χ1v) is 17.8. The first-order valence-electron chi connectivity index (χ1n) is 15.9. The highest BCUT2D eigenvalue weighted by atomic mass is 32.2. The SMILES string of the molecule is C[C@@H](NC(=O)c1cc(C(=O)N[C@@H](Cc2ccccc2)[C@H](O)CNCc2cncc(C(C)(C)F)c2)cc(N(C)S(C)(=O)=O)c1)c1ccccc1. The van der Waals surface area contributed by atoms with Crippen molar-refractivity contribution in [3.63, 3.8) is 0 Å². The van der Waals surface area contributed by atoms with E-state index in [1.54, 1.807) is 12.3 Å². The van der Waals surface area contributed by atoms with Gasteiger partial charge in [-0.15, -0.1) is 0 Å². The Morgan fingerprint density at radius 1 is 0.898 bits per heavy atom. The molecule has 0 aliphatic heterocycles. The molecule has 4 aromatic rings. The number of hydrogen-bond donors (Lipinski definition) is 4. The Morgan fingerprint density at radius 3 is 2.08 bits per heavy atom. The van der Waals surface area contributed by atoms with Gasteiger partial charge in [-0.25, -0.2) is 12.8 Å². The maximum Gasteiger partial charge on any atom is 0.251 e. The number of aliphatic hydroxyl groups is 1. The number of anilines is 1. The number of hydrogen-bond acceptors (Lipinski definition) is 7. The summed E-state index contributed by atoms with van der Waals surface area (Å²) in [6, 6.07) is 23.5. The van der Waals surface area contributed by atoms with Crippen LogP contribution in [0.4, 0.5) is 10.1 Å². The van der Waals surface area contributed by atoms with Gasteiger partial charge in [-0.3, -0.25) is 18.9 Å². The number of benzene rings is 3. The molecule has 4 rings (SSSR count). The van der Waals surface area contributed by atoms with Crippen molar-refractivity contribution in [2.45, 2.75) is 57.6 Å². The van der Waals surface area contributed by atoms with Gasteiger partial charge in [0.05, 0.1) is 30.1 Å². The molecule has 3 aromatic carbocycles. The fraction of sp³-hybridized carbons (Fsp3) is 0.324. The second-order valence-electron chi connectivity index (χ2n) is 12.6. The average Bonchev–Trinajstić information content (AvgIpc) is 3.07. The van der Waals surface area contributed by atoms with Crippen molar-refractivity contribution in [1.82, 2.24) is 20.9 Å². The Kier molecular flexibility index (Phi) is 12.3. The third-order valence-corrected chi connectivity index (χ3v) is 9.40. The molecule has 0 spiro atoms. The van der Waals surface area contributed by atoms with Crippen LogP contribution in [-0.2, 0) is 28.7 Å². The molecule has 3 atom stereocenters. The molecule has 0 radical (unpaired) electrons. The van der Waals surface area contributed by atoms with Crippen molar-refractivity contribution < 1.29 is 27.5 Å². The molecule has 1 heterocycles. The molecule has 0 aliphatic rings. The minimum atomic E-state index is -3.73. The van der Waals surface area contributed by atoms with Crippen LogP contribution < -0.4 is 20.3 Å². The van der Waals surface area contributed by atoms with Crippen LogP contribution in [0, 0.1) is 0 Å². The quantitative estimate of drug-likeness (QED) is 0.142. The minimum Gasteiger partial charge on any atom is -0.390 e. The summed E-state index contributed by atoms with van der Waals surface area (Å²) in [5, 5.41) is 20.3. The smallest absolute Gasteiger partial charge is 0.251 e. The molecule has 0 saturated heterocycles. The van der Waals surface area contributed by atoms with Gasteiger partial charge in [0.15, 0.2) is 0 Å². The van der Waals surface area contributed by atoms with Crippen molar-refractivity contribution in [3.05, 3.63) is 131 Å². The number of carbonyl (C=O) groups excluding carboxylic acids is 2. The Morgan fingerprint density at radius 2 is 1.49 bits per heavy atom. The van der Waals surface area contributed by atoms with Gasteiger partial charge in [-0.2, -0.15) is 0 Å². The monoisotopic (exact) mass is 689 g/mol. The lowest BCUT2D eigenvalue weighted by molar-refractivity contribution is 0.0830. The summed E-state index contributed by atoms with van der Waals surface area (Å²) >= 11 is 0. The van der Waals surface area contributed by atoms with E-state index in [9.17, 15) is 27.5 Å². The molecule has 12 heteroatoms. The van der Waals surface area contributed by atoms with E-state index in [2.05, 4.69) is 20.9 Å². The number of sulfonamides is 1. The predicted octanol–water partition coefficient (Wildman–Crippen LogP) is 4.66. The van der Waals surface area contributed by atoms with Crippen LogP contribution in [0.15, 0.2) is 97.3 Å². The van der Waals surface area contributed by atoms with Gasteiger partial charge in [0, 0.05) is 49.2 Å². The molecular formula is C37H44FN5O5S. The second-order valence-corrected chi connectivity index (χ2v) is 14.6. The number of pyridine rings is 1. The number of carbonyl (C=O) groups is 2. The van der Waals surface area contributed by atoms with E-state index >= 15 is 0 Å². The molecule has 0 bridgehead atoms. The molecule has 1 aromatic heterocycles. The summed E-state index contributed by atoms with van der Waals surface area (Å²) in [5.41, 5.74) is 1.62. The van der Waals surface area contributed by atoms with Gasteiger partial charge >= 0.3 is 0 Å². The largest absolute Gasteiger partial charge is 0.390 e. The number of amides is 2. The summed E-state index contributed by atoms with van der Waals surface area (Å²) in [6.45, 7) is 5.13. The van der Waals surface area contributed by atoms with Crippen molar-refractivity contribution >= 4 is 27.5 Å². The zero-order chi connectivity index (χ0) is 35.8. The first-order chi connectivity index (χ1) is 23.1. The van der Waals surface area contributed by atoms with E-state index < -0.39 is 39.7 Å². The highest BCUT2D eigenvalue weighted by Gasteiger charge is 2.25. The highest BCUT2D eigenvalue weighted by Crippen LogP contribution is 2.25. The van der Waals surface area contributed by atoms with E-state index in [0.717, 1.165) is 27.3 Å². The molecule has 2 amide bonds. The normalized spacial score (nSPS) is 13.6. The predicted molar refractivity (Wildman–Crippen MR) is 189 cm³/mol. The van der Waals surface area contributed by atoms with Crippen molar-refractivity contribution in [3.8, 4) is 0 Å². The van der Waals surface area contributed by atoms with Gasteiger partial charge < -0.3 is 21.1 Å². The van der Waals surface area contributed by atoms with Crippen LogP contribution in [0.3, 0.4) is 0 Å². The lowest BCUT2D eigenvalue weighted by Gasteiger charge is -2.26. The fourth-order valence-electron chi connectivity index (χ4n) is 5.17. The van der Waals surface area contributed by atoms with E-state index in [0.29, 0.717) is 12.1 Å². The topological polar surface area (TPSA) is 141 Å². The van der Waals surface area contributed by atoms with Crippen LogP contribution in [0.2, 0.25) is 0 Å². The van der Waals surface area contributed by atoms with Crippen molar-refractivity contribution in [1.29, 1.82) is 0 Å². The lowest BCUT2D eigenvalue weighted by Crippen LogP contribution is -2.48. The lowest BCUT2D eigenvalue weighted by atomic mass is 9.99. The van der Waals surface area contributed by atoms with Gasteiger partial charge in [0.1, 0.15) is 5.67 Å². The van der Waals surface area contributed by atoms with Crippen LogP contribution in [0.5, 0.6) is 0 Å². The standard InChI is InChI=1S/C37H44FN5O5S/c1-25(28-14-10-7-11-15-28)41-35(45)29-18-30(20-32(19-29)43(4)49(5,47)48)36(46)42-33(17-26-12-8-6-9-13-26)34(44)24-40-22-27-16-31(23-39-21-27)37(2,3)38/h6-16,18-21,23,25,33-34,40,44H,17,22,24H2,1-5H3,(H,41,45)(H,42,46)/t25-,33+,34-/m1/s1. The third kappa shape index (κ3) is 10.7. The number of alkyl halides is 1. The molecule has 0 fully saturated rings. The number of rotatable bonds is 15. The molecule has 10 nitrogen and oxygen atoms in total. The molecular weight excluding hydrogens is 646 g/mol. The Hall–Kier alpha value is -4.65. The Balaban J connectivity index is 1.57. The second kappa shape index (κ2) is 16.2. The van der Waals surface area contributed by atoms with Gasteiger partial charge in [0.25, 0.3) is 11.8 Å². The van der Waals surface area contributed by atoms with Gasteiger partial charge in [-0.1, -0.05) is 60.7 Å². The van der Waals surface area contributed by atoms with E-state index in [1.165, 1.54) is 45.3 Å². The third-order valence-electron chi connectivity index (χ3n) is 8.19. The van der Waals surface area contributed by atoms with E-state index in [4.69, 9.17) is 0 Å².